The van der Waals surface area contributed by atoms with Crippen molar-refractivity contribution in [3.05, 3.63) is 52.5 Å². The summed E-state index contributed by atoms with van der Waals surface area (Å²) in [6.45, 7) is 1.41. The average Bonchev–Trinajstić information content (AvgIpc) is 2.92. The molecule has 1 heterocycles. The Bertz CT molecular complexity index is 631. The van der Waals surface area contributed by atoms with Gasteiger partial charge in [-0.25, -0.2) is 0 Å². The van der Waals surface area contributed by atoms with E-state index in [2.05, 4.69) is 5.32 Å². The lowest BCUT2D eigenvalue weighted by atomic mass is 10.1. The molecule has 4 nitrogen and oxygen atoms in total. The van der Waals surface area contributed by atoms with Crippen LogP contribution in [-0.2, 0) is 13.1 Å². The molecule has 0 radical (unpaired) electrons. The van der Waals surface area contributed by atoms with Crippen LogP contribution in [0.25, 0.3) is 0 Å². The molecule has 104 valence electrons. The van der Waals surface area contributed by atoms with Gasteiger partial charge >= 0.3 is 0 Å². The second-order valence-electron chi connectivity index (χ2n) is 4.53. The van der Waals surface area contributed by atoms with Gasteiger partial charge in [0.2, 0.25) is 6.79 Å². The first-order chi connectivity index (χ1) is 9.74. The lowest BCUT2D eigenvalue weighted by Gasteiger charge is -2.09. The Balaban J connectivity index is 1.66. The molecule has 2 aromatic rings. The lowest BCUT2D eigenvalue weighted by molar-refractivity contribution is 0.173. The first kappa shape index (κ1) is 13.1. The van der Waals surface area contributed by atoms with Gasteiger partial charge in [-0.3, -0.25) is 0 Å². The van der Waals surface area contributed by atoms with Crippen molar-refractivity contribution in [3.8, 4) is 17.2 Å². The monoisotopic (exact) mass is 291 g/mol. The Hall–Kier alpha value is -1.91. The number of para-hydroxylation sites is 1. The van der Waals surface area contributed by atoms with Gasteiger partial charge in [0.25, 0.3) is 0 Å². The third-order valence-electron chi connectivity index (χ3n) is 3.15. The number of halogens is 1. The molecule has 0 saturated heterocycles. The van der Waals surface area contributed by atoms with E-state index in [0.717, 1.165) is 22.6 Å². The molecular formula is C15H14ClNO3. The minimum Gasteiger partial charge on any atom is -0.508 e. The lowest BCUT2D eigenvalue weighted by Crippen LogP contribution is -2.13. The highest BCUT2D eigenvalue weighted by Gasteiger charge is 2.16. The van der Waals surface area contributed by atoms with Crippen LogP contribution in [0.15, 0.2) is 36.4 Å². The van der Waals surface area contributed by atoms with Crippen molar-refractivity contribution in [1.29, 1.82) is 0 Å². The van der Waals surface area contributed by atoms with Crippen LogP contribution in [0.1, 0.15) is 11.1 Å². The zero-order valence-corrected chi connectivity index (χ0v) is 11.5. The van der Waals surface area contributed by atoms with Crippen LogP contribution in [0, 0.1) is 0 Å². The number of ether oxygens (including phenoxy) is 2. The Morgan fingerprint density at radius 2 is 1.95 bits per heavy atom. The van der Waals surface area contributed by atoms with Gasteiger partial charge in [-0.1, -0.05) is 23.7 Å². The summed E-state index contributed by atoms with van der Waals surface area (Å²) in [5.41, 5.74) is 1.80. The van der Waals surface area contributed by atoms with Gasteiger partial charge in [0.15, 0.2) is 11.5 Å². The SMILES string of the molecule is Oc1ccc(Cl)cc1CNCc1cccc2c1OCO2. The maximum atomic E-state index is 9.74. The molecule has 5 heteroatoms. The molecule has 0 aromatic heterocycles. The molecular weight excluding hydrogens is 278 g/mol. The van der Waals surface area contributed by atoms with E-state index in [-0.39, 0.29) is 12.5 Å². The predicted octanol–water partition coefficient (Wildman–Crippen LogP) is 3.06. The fourth-order valence-electron chi connectivity index (χ4n) is 2.16. The summed E-state index contributed by atoms with van der Waals surface area (Å²) in [4.78, 5) is 0. The standard InChI is InChI=1S/C15H14ClNO3/c16-12-4-5-13(18)11(6-12)8-17-7-10-2-1-3-14-15(10)20-9-19-14/h1-6,17-18H,7-9H2. The van der Waals surface area contributed by atoms with Crippen LogP contribution in [-0.4, -0.2) is 11.9 Å². The van der Waals surface area contributed by atoms with Gasteiger partial charge in [-0.15, -0.1) is 0 Å². The van der Waals surface area contributed by atoms with E-state index in [1.54, 1.807) is 18.2 Å². The Labute approximate surface area is 121 Å². The van der Waals surface area contributed by atoms with Crippen molar-refractivity contribution >= 4 is 11.6 Å². The maximum absolute atomic E-state index is 9.74. The van der Waals surface area contributed by atoms with Crippen molar-refractivity contribution in [1.82, 2.24) is 5.32 Å². The molecule has 0 atom stereocenters. The Morgan fingerprint density at radius 1 is 1.10 bits per heavy atom. The van der Waals surface area contributed by atoms with Crippen LogP contribution in [0.3, 0.4) is 0 Å². The summed E-state index contributed by atoms with van der Waals surface area (Å²) in [6.07, 6.45) is 0. The molecule has 1 aliphatic rings. The van der Waals surface area contributed by atoms with E-state index in [0.29, 0.717) is 18.1 Å². The second kappa shape index (κ2) is 5.61. The molecule has 0 spiro atoms. The molecule has 0 fully saturated rings. The van der Waals surface area contributed by atoms with Gasteiger partial charge in [-0.2, -0.15) is 0 Å². The molecule has 2 N–H and O–H groups in total. The number of hydrogen-bond donors (Lipinski definition) is 2. The fourth-order valence-corrected chi connectivity index (χ4v) is 2.35. The average molecular weight is 292 g/mol. The topological polar surface area (TPSA) is 50.7 Å². The highest BCUT2D eigenvalue weighted by molar-refractivity contribution is 6.30. The number of rotatable bonds is 4. The maximum Gasteiger partial charge on any atom is 0.231 e. The number of nitrogens with one attached hydrogen (secondary N) is 1. The number of hydrogen-bond acceptors (Lipinski definition) is 4. The van der Waals surface area contributed by atoms with E-state index >= 15 is 0 Å². The van der Waals surface area contributed by atoms with Gasteiger partial charge in [0.05, 0.1) is 0 Å². The van der Waals surface area contributed by atoms with Crippen molar-refractivity contribution in [2.24, 2.45) is 0 Å². The first-order valence-corrected chi connectivity index (χ1v) is 6.67. The van der Waals surface area contributed by atoms with Crippen LogP contribution >= 0.6 is 11.6 Å². The molecule has 0 bridgehead atoms. The summed E-state index contributed by atoms with van der Waals surface area (Å²) in [7, 11) is 0. The molecule has 20 heavy (non-hydrogen) atoms. The number of fused-ring (bicyclic) bond motifs is 1. The van der Waals surface area contributed by atoms with E-state index in [1.807, 2.05) is 18.2 Å². The van der Waals surface area contributed by atoms with Crippen LogP contribution in [0.5, 0.6) is 17.2 Å². The van der Waals surface area contributed by atoms with Crippen LogP contribution in [0.2, 0.25) is 5.02 Å². The highest BCUT2D eigenvalue weighted by atomic mass is 35.5. The summed E-state index contributed by atoms with van der Waals surface area (Å²) >= 11 is 5.91. The predicted molar refractivity (Wildman–Crippen MR) is 76.2 cm³/mol. The number of benzene rings is 2. The molecule has 0 aliphatic carbocycles. The smallest absolute Gasteiger partial charge is 0.231 e. The molecule has 0 amide bonds. The second-order valence-corrected chi connectivity index (χ2v) is 4.96. The highest BCUT2D eigenvalue weighted by Crippen LogP contribution is 2.35. The number of phenolic OH excluding ortho intramolecular Hbond substituents is 1. The molecule has 0 unspecified atom stereocenters. The van der Waals surface area contributed by atoms with E-state index in [1.165, 1.54) is 0 Å². The first-order valence-electron chi connectivity index (χ1n) is 6.29. The van der Waals surface area contributed by atoms with Gasteiger partial charge in [0, 0.05) is 29.2 Å². The van der Waals surface area contributed by atoms with Gasteiger partial charge in [-0.05, 0) is 24.3 Å². The minimum atomic E-state index is 0.236. The summed E-state index contributed by atoms with van der Waals surface area (Å²) in [6, 6.07) is 10.8. The van der Waals surface area contributed by atoms with E-state index in [9.17, 15) is 5.11 Å². The van der Waals surface area contributed by atoms with Crippen molar-refractivity contribution in [3.63, 3.8) is 0 Å². The van der Waals surface area contributed by atoms with Crippen molar-refractivity contribution in [2.75, 3.05) is 6.79 Å². The van der Waals surface area contributed by atoms with Gasteiger partial charge < -0.3 is 19.9 Å². The molecule has 2 aromatic carbocycles. The van der Waals surface area contributed by atoms with Crippen molar-refractivity contribution < 1.29 is 14.6 Å². The Kier molecular flexibility index (Phi) is 3.67. The third kappa shape index (κ3) is 2.66. The van der Waals surface area contributed by atoms with E-state index in [4.69, 9.17) is 21.1 Å². The molecule has 0 saturated carbocycles. The third-order valence-corrected chi connectivity index (χ3v) is 3.39. The van der Waals surface area contributed by atoms with Crippen LogP contribution < -0.4 is 14.8 Å². The zero-order valence-electron chi connectivity index (χ0n) is 10.7. The van der Waals surface area contributed by atoms with Gasteiger partial charge in [0.1, 0.15) is 5.75 Å². The number of phenols is 1. The normalized spacial score (nSPS) is 12.7. The quantitative estimate of drug-likeness (QED) is 0.909. The molecule has 3 rings (SSSR count). The zero-order chi connectivity index (χ0) is 13.9. The Morgan fingerprint density at radius 3 is 2.85 bits per heavy atom. The number of aromatic hydroxyl groups is 1. The fraction of sp³-hybridized carbons (Fsp3) is 0.200. The molecule has 1 aliphatic heterocycles. The summed E-state index contributed by atoms with van der Waals surface area (Å²) in [5, 5.41) is 13.6. The van der Waals surface area contributed by atoms with Crippen LogP contribution in [0.4, 0.5) is 0 Å². The summed E-state index contributed by atoms with van der Waals surface area (Å²) in [5.74, 6) is 1.80. The largest absolute Gasteiger partial charge is 0.508 e. The van der Waals surface area contributed by atoms with E-state index < -0.39 is 0 Å². The minimum absolute atomic E-state index is 0.236. The summed E-state index contributed by atoms with van der Waals surface area (Å²) < 4.78 is 10.8. The van der Waals surface area contributed by atoms with Crippen molar-refractivity contribution in [2.45, 2.75) is 13.1 Å².